The predicted molar refractivity (Wildman–Crippen MR) is 362 cm³/mol. The van der Waals surface area contributed by atoms with Crippen LogP contribution in [0.25, 0.3) is 0 Å². The SMILES string of the molecule is CC/C=C\C/C=C\C/C=C\C/C=C\C/C=C\C/C=C\C/C=C\C/C=C\C/C=C\CCCC(=O)OCC(COC(=O)CCCCCCCCCCCCCCC)OC(=O)CCCCCCCCCCCCCCCCCCCCCCCCC. The topological polar surface area (TPSA) is 78.9 Å². The third kappa shape index (κ3) is 68.7. The summed E-state index contributed by atoms with van der Waals surface area (Å²) in [6.45, 7) is 6.52. The van der Waals surface area contributed by atoms with Crippen molar-refractivity contribution in [1.29, 1.82) is 0 Å². The summed E-state index contributed by atoms with van der Waals surface area (Å²) in [6, 6.07) is 0. The highest BCUT2D eigenvalue weighted by atomic mass is 16.6. The molecule has 0 heterocycles. The lowest BCUT2D eigenvalue weighted by Gasteiger charge is -2.18. The Hall–Kier alpha value is -3.93. The molecule has 83 heavy (non-hydrogen) atoms. The third-order valence-corrected chi connectivity index (χ3v) is 15.3. The summed E-state index contributed by atoms with van der Waals surface area (Å²) in [6.07, 6.45) is 96.9. The van der Waals surface area contributed by atoms with Gasteiger partial charge in [-0.3, -0.25) is 14.4 Å². The molecule has 0 saturated heterocycles. The monoisotopic (exact) mass is 1150 g/mol. The lowest BCUT2D eigenvalue weighted by atomic mass is 10.0. The zero-order valence-electron chi connectivity index (χ0n) is 54.7. The van der Waals surface area contributed by atoms with Crippen LogP contribution in [-0.4, -0.2) is 37.2 Å². The van der Waals surface area contributed by atoms with Crippen molar-refractivity contribution in [2.45, 2.75) is 348 Å². The molecule has 0 aliphatic carbocycles. The average molecular weight is 1150 g/mol. The van der Waals surface area contributed by atoms with Gasteiger partial charge in [0.15, 0.2) is 6.10 Å². The second kappa shape index (κ2) is 70.6. The molecule has 0 fully saturated rings. The van der Waals surface area contributed by atoms with E-state index >= 15 is 0 Å². The molecule has 0 aliphatic heterocycles. The molecular formula is C77H132O6. The molecule has 476 valence electrons. The van der Waals surface area contributed by atoms with Gasteiger partial charge in [0.05, 0.1) is 0 Å². The van der Waals surface area contributed by atoms with E-state index in [0.717, 1.165) is 103 Å². The van der Waals surface area contributed by atoms with Crippen molar-refractivity contribution in [3.8, 4) is 0 Å². The summed E-state index contributed by atoms with van der Waals surface area (Å²) in [5.41, 5.74) is 0. The van der Waals surface area contributed by atoms with Gasteiger partial charge >= 0.3 is 17.9 Å². The molecule has 0 radical (unpaired) electrons. The molecule has 0 rings (SSSR count). The van der Waals surface area contributed by atoms with E-state index in [9.17, 15) is 14.4 Å². The zero-order chi connectivity index (χ0) is 59.9. The maximum absolute atomic E-state index is 13.0. The van der Waals surface area contributed by atoms with E-state index in [1.165, 1.54) is 193 Å². The largest absolute Gasteiger partial charge is 0.462 e. The van der Waals surface area contributed by atoms with E-state index in [0.29, 0.717) is 19.3 Å². The van der Waals surface area contributed by atoms with Crippen molar-refractivity contribution in [1.82, 2.24) is 0 Å². The second-order valence-corrected chi connectivity index (χ2v) is 23.4. The molecule has 0 saturated carbocycles. The fourth-order valence-corrected chi connectivity index (χ4v) is 10.0. The van der Waals surface area contributed by atoms with Crippen LogP contribution in [0, 0.1) is 0 Å². The van der Waals surface area contributed by atoms with Gasteiger partial charge in [-0.15, -0.1) is 0 Å². The van der Waals surface area contributed by atoms with Crippen LogP contribution in [-0.2, 0) is 28.6 Å². The van der Waals surface area contributed by atoms with Crippen molar-refractivity contribution < 1.29 is 28.6 Å². The maximum Gasteiger partial charge on any atom is 0.306 e. The van der Waals surface area contributed by atoms with Crippen LogP contribution < -0.4 is 0 Å². The first-order chi connectivity index (χ1) is 41.0. The molecule has 0 aromatic heterocycles. The lowest BCUT2D eigenvalue weighted by Crippen LogP contribution is -2.30. The Labute approximate surface area is 514 Å². The summed E-state index contributed by atoms with van der Waals surface area (Å²) in [5, 5.41) is 0. The molecule has 0 aliphatic rings. The van der Waals surface area contributed by atoms with Gasteiger partial charge in [-0.05, 0) is 83.5 Å². The summed E-state index contributed by atoms with van der Waals surface area (Å²) >= 11 is 0. The van der Waals surface area contributed by atoms with Crippen LogP contribution in [0.1, 0.15) is 342 Å². The Morgan fingerprint density at radius 1 is 0.253 bits per heavy atom. The number of hydrogen-bond acceptors (Lipinski definition) is 6. The van der Waals surface area contributed by atoms with E-state index in [1.54, 1.807) is 0 Å². The molecule has 0 spiro atoms. The first kappa shape index (κ1) is 79.1. The first-order valence-corrected chi connectivity index (χ1v) is 35.4. The van der Waals surface area contributed by atoms with Crippen LogP contribution in [0.4, 0.5) is 0 Å². The molecule has 1 unspecified atom stereocenters. The molecule has 0 amide bonds. The number of carbonyl (C=O) groups excluding carboxylic acids is 3. The van der Waals surface area contributed by atoms with E-state index in [1.807, 2.05) is 0 Å². The summed E-state index contributed by atoms with van der Waals surface area (Å²) < 4.78 is 16.9. The summed E-state index contributed by atoms with van der Waals surface area (Å²) in [7, 11) is 0. The van der Waals surface area contributed by atoms with Gasteiger partial charge in [-0.1, -0.05) is 348 Å². The lowest BCUT2D eigenvalue weighted by molar-refractivity contribution is -0.167. The average Bonchev–Trinajstić information content (AvgIpc) is 3.49. The summed E-state index contributed by atoms with van der Waals surface area (Å²) in [4.78, 5) is 38.4. The highest BCUT2D eigenvalue weighted by Gasteiger charge is 2.19. The van der Waals surface area contributed by atoms with Crippen LogP contribution >= 0.6 is 0 Å². The molecule has 6 nitrogen and oxygen atoms in total. The van der Waals surface area contributed by atoms with Gasteiger partial charge in [0.2, 0.25) is 0 Å². The van der Waals surface area contributed by atoms with E-state index in [2.05, 4.69) is 130 Å². The van der Waals surface area contributed by atoms with E-state index in [-0.39, 0.29) is 37.5 Å². The van der Waals surface area contributed by atoms with E-state index in [4.69, 9.17) is 14.2 Å². The molecule has 0 bridgehead atoms. The highest BCUT2D eigenvalue weighted by molar-refractivity contribution is 5.71. The number of ether oxygens (including phenoxy) is 3. The maximum atomic E-state index is 13.0. The standard InChI is InChI=1S/C77H132O6/c1-4-7-10-13-16-19-22-25-27-29-31-33-35-36-37-38-39-40-42-43-45-47-49-52-55-58-61-64-67-70-76(79)82-73-74(72-81-75(78)69-66-63-60-57-54-51-24-21-18-15-12-9-6-3)83-77(80)71-68-65-62-59-56-53-50-48-46-44-41-34-32-30-28-26-23-20-17-14-11-8-5-2/h7,10,16,19,25,27,31,33,36-37,39-40,43,45,49,52,58,61,74H,4-6,8-9,11-15,17-18,20-24,26,28-30,32,34-35,38,41-42,44,46-48,50-51,53-57,59-60,62-73H2,1-3H3/b10-7-,19-16-,27-25-,33-31-,37-36-,40-39-,45-43-,52-49-,61-58-. The van der Waals surface area contributed by atoms with E-state index < -0.39 is 6.10 Å². The van der Waals surface area contributed by atoms with Gasteiger partial charge in [0, 0.05) is 19.3 Å². The van der Waals surface area contributed by atoms with Crippen LogP contribution in [0.5, 0.6) is 0 Å². The van der Waals surface area contributed by atoms with Crippen molar-refractivity contribution in [2.24, 2.45) is 0 Å². The Bertz CT molecular complexity index is 1660. The van der Waals surface area contributed by atoms with Crippen molar-refractivity contribution in [2.75, 3.05) is 13.2 Å². The fraction of sp³-hybridized carbons (Fsp3) is 0.727. The zero-order valence-corrected chi connectivity index (χ0v) is 54.7. The number of carbonyl (C=O) groups is 3. The fourth-order valence-electron chi connectivity index (χ4n) is 10.0. The van der Waals surface area contributed by atoms with Gasteiger partial charge < -0.3 is 14.2 Å². The van der Waals surface area contributed by atoms with Gasteiger partial charge in [0.1, 0.15) is 13.2 Å². The first-order valence-electron chi connectivity index (χ1n) is 35.4. The smallest absolute Gasteiger partial charge is 0.306 e. The quantitative estimate of drug-likeness (QED) is 0.0261. The minimum atomic E-state index is -0.801. The third-order valence-electron chi connectivity index (χ3n) is 15.3. The predicted octanol–water partition coefficient (Wildman–Crippen LogP) is 24.6. The summed E-state index contributed by atoms with van der Waals surface area (Å²) in [5.74, 6) is -0.938. The minimum Gasteiger partial charge on any atom is -0.462 e. The Kier molecular flexibility index (Phi) is 67.2. The van der Waals surface area contributed by atoms with Crippen molar-refractivity contribution in [3.63, 3.8) is 0 Å². The second-order valence-electron chi connectivity index (χ2n) is 23.4. The number of esters is 3. The van der Waals surface area contributed by atoms with Crippen LogP contribution in [0.3, 0.4) is 0 Å². The number of hydrogen-bond donors (Lipinski definition) is 0. The Morgan fingerprint density at radius 3 is 0.735 bits per heavy atom. The Balaban J connectivity index is 4.38. The van der Waals surface area contributed by atoms with Crippen LogP contribution in [0.2, 0.25) is 0 Å². The number of unbranched alkanes of at least 4 members (excludes halogenated alkanes) is 35. The Morgan fingerprint density at radius 2 is 0.470 bits per heavy atom. The minimum absolute atomic E-state index is 0.0920. The van der Waals surface area contributed by atoms with Crippen molar-refractivity contribution >= 4 is 17.9 Å². The normalized spacial score (nSPS) is 12.8. The van der Waals surface area contributed by atoms with Crippen LogP contribution in [0.15, 0.2) is 109 Å². The number of allylic oxidation sites excluding steroid dienone is 18. The molecule has 0 N–H and O–H groups in total. The van der Waals surface area contributed by atoms with Gasteiger partial charge in [-0.25, -0.2) is 0 Å². The van der Waals surface area contributed by atoms with Gasteiger partial charge in [-0.2, -0.15) is 0 Å². The number of rotatable bonds is 64. The molecular weight excluding hydrogens is 1020 g/mol. The highest BCUT2D eigenvalue weighted by Crippen LogP contribution is 2.18. The van der Waals surface area contributed by atoms with Crippen molar-refractivity contribution in [3.05, 3.63) is 109 Å². The molecule has 0 aromatic carbocycles. The van der Waals surface area contributed by atoms with Gasteiger partial charge in [0.25, 0.3) is 0 Å². The molecule has 0 aromatic rings. The molecule has 1 atom stereocenters. The molecule has 6 heteroatoms.